The molecular weight excluding hydrogens is 260 g/mol. The third kappa shape index (κ3) is 2.32. The zero-order chi connectivity index (χ0) is 14.7. The van der Waals surface area contributed by atoms with Crippen LogP contribution < -0.4 is 5.32 Å². The molecule has 1 N–H and O–H groups in total. The van der Waals surface area contributed by atoms with Crippen molar-refractivity contribution in [3.8, 4) is 0 Å². The fraction of sp³-hybridized carbons (Fsp3) is 0.286. The number of unbranched alkanes of at least 4 members (excludes halogenated alkanes) is 1. The Hall–Kier alpha value is -2.50. The second-order valence-corrected chi connectivity index (χ2v) is 4.46. The molecule has 0 unspecified atom stereocenters. The fourth-order valence-corrected chi connectivity index (χ4v) is 2.09. The number of ketones is 2. The van der Waals surface area contributed by atoms with Gasteiger partial charge >= 0.3 is 5.70 Å². The fourth-order valence-electron chi connectivity index (χ4n) is 2.09. The van der Waals surface area contributed by atoms with Gasteiger partial charge in [0, 0.05) is 17.7 Å². The van der Waals surface area contributed by atoms with Crippen LogP contribution in [0, 0.1) is 10.1 Å². The zero-order valence-corrected chi connectivity index (χ0v) is 11.0. The topological polar surface area (TPSA) is 89.3 Å². The van der Waals surface area contributed by atoms with Gasteiger partial charge in [0.2, 0.25) is 5.78 Å². The number of nitrogens with one attached hydrogen (secondary N) is 1. The van der Waals surface area contributed by atoms with Crippen LogP contribution in [0.3, 0.4) is 0 Å². The minimum Gasteiger partial charge on any atom is -0.376 e. The number of nitro groups is 1. The molecule has 0 fully saturated rings. The first kappa shape index (κ1) is 13.9. The van der Waals surface area contributed by atoms with Crippen LogP contribution in [-0.2, 0) is 0 Å². The summed E-state index contributed by atoms with van der Waals surface area (Å²) in [4.78, 5) is 34.8. The van der Waals surface area contributed by atoms with Crippen LogP contribution in [-0.4, -0.2) is 23.0 Å². The molecule has 0 atom stereocenters. The summed E-state index contributed by atoms with van der Waals surface area (Å²) in [6.45, 7) is 2.39. The van der Waals surface area contributed by atoms with Gasteiger partial charge in [0.1, 0.15) is 0 Å². The quantitative estimate of drug-likeness (QED) is 0.503. The maximum absolute atomic E-state index is 12.3. The van der Waals surface area contributed by atoms with Crippen molar-refractivity contribution in [1.82, 2.24) is 5.32 Å². The highest BCUT2D eigenvalue weighted by molar-refractivity contribution is 6.25. The number of Topliss-reactive ketones (excluding diaryl/α,β-unsaturated/α-hetero) is 2. The molecule has 0 saturated carbocycles. The van der Waals surface area contributed by atoms with E-state index in [9.17, 15) is 19.7 Å². The van der Waals surface area contributed by atoms with Crippen molar-refractivity contribution in [3.05, 3.63) is 56.9 Å². The lowest BCUT2D eigenvalue weighted by atomic mass is 9.90. The van der Waals surface area contributed by atoms with Crippen molar-refractivity contribution in [2.45, 2.75) is 19.8 Å². The van der Waals surface area contributed by atoms with Crippen LogP contribution in [0.25, 0.3) is 0 Å². The second kappa shape index (κ2) is 5.64. The molecule has 0 amide bonds. The predicted octanol–water partition coefficient (Wildman–Crippen LogP) is 1.94. The molecule has 1 aromatic rings. The van der Waals surface area contributed by atoms with Gasteiger partial charge in [0.15, 0.2) is 5.70 Å². The van der Waals surface area contributed by atoms with Gasteiger partial charge in [0.25, 0.3) is 5.78 Å². The minimum atomic E-state index is -0.787. The van der Waals surface area contributed by atoms with E-state index in [1.807, 2.05) is 6.92 Å². The van der Waals surface area contributed by atoms with Crippen LogP contribution in [0.2, 0.25) is 0 Å². The van der Waals surface area contributed by atoms with E-state index in [0.717, 1.165) is 12.8 Å². The van der Waals surface area contributed by atoms with Crippen LogP contribution >= 0.6 is 0 Å². The summed E-state index contributed by atoms with van der Waals surface area (Å²) in [5.74, 6) is -1.22. The molecule has 0 radical (unpaired) electrons. The van der Waals surface area contributed by atoms with Crippen LogP contribution in [0.5, 0.6) is 0 Å². The number of hydrogen-bond donors (Lipinski definition) is 1. The van der Waals surface area contributed by atoms with Gasteiger partial charge in [-0.3, -0.25) is 19.7 Å². The Morgan fingerprint density at radius 1 is 1.15 bits per heavy atom. The molecule has 0 spiro atoms. The van der Waals surface area contributed by atoms with Crippen LogP contribution in [0.15, 0.2) is 35.7 Å². The van der Waals surface area contributed by atoms with Gasteiger partial charge < -0.3 is 5.32 Å². The van der Waals surface area contributed by atoms with Gasteiger partial charge in [-0.1, -0.05) is 37.6 Å². The molecule has 0 aromatic heterocycles. The number of nitrogens with zero attached hydrogens (tertiary/aromatic N) is 1. The Morgan fingerprint density at radius 3 is 2.30 bits per heavy atom. The van der Waals surface area contributed by atoms with E-state index < -0.39 is 22.2 Å². The highest BCUT2D eigenvalue weighted by Gasteiger charge is 2.39. The predicted molar refractivity (Wildman–Crippen MR) is 72.0 cm³/mol. The summed E-state index contributed by atoms with van der Waals surface area (Å²) in [6.07, 6.45) is 1.64. The largest absolute Gasteiger partial charge is 0.376 e. The molecule has 6 heteroatoms. The molecule has 2 rings (SSSR count). The molecule has 1 aromatic carbocycles. The lowest BCUT2D eigenvalue weighted by molar-refractivity contribution is -0.418. The smallest absolute Gasteiger partial charge is 0.343 e. The first-order valence-electron chi connectivity index (χ1n) is 6.39. The summed E-state index contributed by atoms with van der Waals surface area (Å²) < 4.78 is 0. The number of hydrogen-bond acceptors (Lipinski definition) is 5. The van der Waals surface area contributed by atoms with Gasteiger partial charge in [0.05, 0.1) is 4.92 Å². The number of benzene rings is 1. The van der Waals surface area contributed by atoms with Gasteiger partial charge in [-0.25, -0.2) is 0 Å². The summed E-state index contributed by atoms with van der Waals surface area (Å²) in [6, 6.07) is 6.15. The molecule has 0 bridgehead atoms. The minimum absolute atomic E-state index is 0.0882. The zero-order valence-electron chi connectivity index (χ0n) is 11.0. The Labute approximate surface area is 115 Å². The molecule has 0 aliphatic heterocycles. The Morgan fingerprint density at radius 2 is 1.75 bits per heavy atom. The molecule has 6 nitrogen and oxygen atoms in total. The van der Waals surface area contributed by atoms with Crippen molar-refractivity contribution in [3.63, 3.8) is 0 Å². The van der Waals surface area contributed by atoms with Crippen molar-refractivity contribution < 1.29 is 14.5 Å². The Balaban J connectivity index is 2.48. The molecule has 104 valence electrons. The van der Waals surface area contributed by atoms with Gasteiger partial charge in [-0.05, 0) is 6.42 Å². The Kier molecular flexibility index (Phi) is 3.93. The number of allylic oxidation sites excluding steroid dienone is 2. The highest BCUT2D eigenvalue weighted by atomic mass is 16.6. The van der Waals surface area contributed by atoms with Gasteiger partial charge in [-0.2, -0.15) is 0 Å². The van der Waals surface area contributed by atoms with Crippen molar-refractivity contribution in [2.75, 3.05) is 6.54 Å². The van der Waals surface area contributed by atoms with E-state index in [1.54, 1.807) is 12.1 Å². The molecule has 0 saturated heterocycles. The van der Waals surface area contributed by atoms with Crippen LogP contribution in [0.4, 0.5) is 0 Å². The maximum Gasteiger partial charge on any atom is 0.343 e. The SMILES string of the molecule is CCCCNC1=C([N+](=O)[O-])C(=O)c2ccccc2C1=O. The monoisotopic (exact) mass is 274 g/mol. The standard InChI is InChI=1S/C14H14N2O4/c1-2-3-8-15-11-12(16(19)20)14(18)10-7-5-4-6-9(10)13(11)17/h4-7,15H,2-3,8H2,1H3. The molecule has 20 heavy (non-hydrogen) atoms. The van der Waals surface area contributed by atoms with E-state index in [-0.39, 0.29) is 16.8 Å². The van der Waals surface area contributed by atoms with E-state index in [0.29, 0.717) is 6.54 Å². The number of fused-ring (bicyclic) bond motifs is 1. The van der Waals surface area contributed by atoms with Crippen LogP contribution in [0.1, 0.15) is 40.5 Å². The molecule has 1 aliphatic carbocycles. The van der Waals surface area contributed by atoms with Crippen molar-refractivity contribution in [1.29, 1.82) is 0 Å². The third-order valence-electron chi connectivity index (χ3n) is 3.11. The van der Waals surface area contributed by atoms with E-state index >= 15 is 0 Å². The first-order chi connectivity index (χ1) is 9.57. The summed E-state index contributed by atoms with van der Waals surface area (Å²) in [7, 11) is 0. The normalized spacial score (nSPS) is 14.2. The summed E-state index contributed by atoms with van der Waals surface area (Å²) in [5.41, 5.74) is -0.565. The molecule has 1 aliphatic rings. The van der Waals surface area contributed by atoms with Crippen molar-refractivity contribution >= 4 is 11.6 Å². The lowest BCUT2D eigenvalue weighted by Crippen LogP contribution is -2.33. The number of rotatable bonds is 5. The maximum atomic E-state index is 12.3. The average Bonchev–Trinajstić information content (AvgIpc) is 2.44. The lowest BCUT2D eigenvalue weighted by Gasteiger charge is -2.16. The number of carbonyl (C=O) groups excluding carboxylic acids is 2. The van der Waals surface area contributed by atoms with E-state index in [2.05, 4.69) is 5.32 Å². The van der Waals surface area contributed by atoms with E-state index in [1.165, 1.54) is 12.1 Å². The second-order valence-electron chi connectivity index (χ2n) is 4.46. The Bertz CT molecular complexity index is 619. The summed E-state index contributed by atoms with van der Waals surface area (Å²) >= 11 is 0. The highest BCUT2D eigenvalue weighted by Crippen LogP contribution is 2.25. The van der Waals surface area contributed by atoms with E-state index in [4.69, 9.17) is 0 Å². The first-order valence-corrected chi connectivity index (χ1v) is 6.39. The average molecular weight is 274 g/mol. The summed E-state index contributed by atoms with van der Waals surface area (Å²) in [5, 5.41) is 13.8. The third-order valence-corrected chi connectivity index (χ3v) is 3.11. The molecule has 0 heterocycles. The number of carbonyl (C=O) groups is 2. The van der Waals surface area contributed by atoms with Crippen molar-refractivity contribution in [2.24, 2.45) is 0 Å². The van der Waals surface area contributed by atoms with Gasteiger partial charge in [-0.15, -0.1) is 0 Å². The molecular formula is C14H14N2O4.